The van der Waals surface area contributed by atoms with Gasteiger partial charge in [-0.25, -0.2) is 9.67 Å². The van der Waals surface area contributed by atoms with Crippen molar-refractivity contribution in [3.8, 4) is 0 Å². The van der Waals surface area contributed by atoms with Crippen LogP contribution < -0.4 is 0 Å². The van der Waals surface area contributed by atoms with Gasteiger partial charge in [0.1, 0.15) is 12.2 Å². The number of aliphatic hydroxyl groups is 1. The summed E-state index contributed by atoms with van der Waals surface area (Å²) in [5, 5.41) is 14.8. The van der Waals surface area contributed by atoms with Gasteiger partial charge in [-0.2, -0.15) is 5.10 Å². The van der Waals surface area contributed by atoms with Crippen molar-refractivity contribution < 1.29 is 5.11 Å². The summed E-state index contributed by atoms with van der Waals surface area (Å²) in [5.41, 5.74) is 4.57. The topological polar surface area (TPSA) is 50.9 Å². The van der Waals surface area contributed by atoms with Crippen molar-refractivity contribution >= 4 is 0 Å². The van der Waals surface area contributed by atoms with Crippen molar-refractivity contribution in [1.82, 2.24) is 14.8 Å². The van der Waals surface area contributed by atoms with Gasteiger partial charge in [0.25, 0.3) is 0 Å². The van der Waals surface area contributed by atoms with Gasteiger partial charge in [-0.15, -0.1) is 0 Å². The molecule has 21 heavy (non-hydrogen) atoms. The van der Waals surface area contributed by atoms with Crippen molar-refractivity contribution in [3.63, 3.8) is 0 Å². The first-order valence-corrected chi connectivity index (χ1v) is 7.51. The quantitative estimate of drug-likeness (QED) is 0.919. The molecule has 1 atom stereocenters. The molecular weight excluding hydrogens is 262 g/mol. The minimum Gasteiger partial charge on any atom is -0.388 e. The van der Waals surface area contributed by atoms with Gasteiger partial charge in [-0.3, -0.25) is 0 Å². The number of nitrogens with zero attached hydrogens (tertiary/aromatic N) is 3. The molecule has 1 heterocycles. The molecule has 4 heteroatoms. The fourth-order valence-electron chi connectivity index (χ4n) is 2.57. The van der Waals surface area contributed by atoms with Gasteiger partial charge in [0.05, 0.1) is 6.10 Å². The number of rotatable bonds is 5. The number of benzene rings is 1. The molecule has 0 amide bonds. The summed E-state index contributed by atoms with van der Waals surface area (Å²) in [6, 6.07) is 4.21. The minimum atomic E-state index is -0.542. The molecule has 0 radical (unpaired) electrons. The van der Waals surface area contributed by atoms with E-state index in [0.717, 1.165) is 23.5 Å². The first-order chi connectivity index (χ1) is 9.88. The molecule has 0 aliphatic rings. The zero-order valence-corrected chi connectivity index (χ0v) is 13.6. The smallest absolute Gasteiger partial charge is 0.138 e. The highest BCUT2D eigenvalue weighted by atomic mass is 16.3. The Balaban J connectivity index is 2.20. The van der Waals surface area contributed by atoms with E-state index in [1.807, 2.05) is 11.6 Å². The maximum atomic E-state index is 10.6. The fourth-order valence-corrected chi connectivity index (χ4v) is 2.57. The van der Waals surface area contributed by atoms with Gasteiger partial charge in [-0.1, -0.05) is 26.0 Å². The Kier molecular flexibility index (Phi) is 4.78. The first-order valence-electron chi connectivity index (χ1n) is 7.51. The van der Waals surface area contributed by atoms with Crippen LogP contribution in [0.25, 0.3) is 0 Å². The van der Waals surface area contributed by atoms with E-state index < -0.39 is 6.10 Å². The molecule has 1 aromatic heterocycles. The summed E-state index contributed by atoms with van der Waals surface area (Å²) in [6.07, 6.45) is 1.52. The number of aliphatic hydroxyl groups excluding tert-OH is 1. The maximum absolute atomic E-state index is 10.6. The largest absolute Gasteiger partial charge is 0.388 e. The highest BCUT2D eigenvalue weighted by molar-refractivity contribution is 5.37. The number of aryl methyl sites for hydroxylation is 3. The van der Waals surface area contributed by atoms with Gasteiger partial charge in [0, 0.05) is 13.0 Å². The lowest BCUT2D eigenvalue weighted by Gasteiger charge is -2.16. The molecule has 114 valence electrons. The lowest BCUT2D eigenvalue weighted by atomic mass is 9.95. The van der Waals surface area contributed by atoms with Crippen LogP contribution in [0.4, 0.5) is 0 Å². The molecule has 0 saturated heterocycles. The Morgan fingerprint density at radius 3 is 2.43 bits per heavy atom. The molecule has 0 aliphatic heterocycles. The molecule has 0 aliphatic carbocycles. The van der Waals surface area contributed by atoms with E-state index in [4.69, 9.17) is 0 Å². The Labute approximate surface area is 126 Å². The van der Waals surface area contributed by atoms with Crippen molar-refractivity contribution in [1.29, 1.82) is 0 Å². The van der Waals surface area contributed by atoms with Crippen LogP contribution in [-0.4, -0.2) is 19.9 Å². The predicted octanol–water partition coefficient (Wildman–Crippen LogP) is 3.14. The van der Waals surface area contributed by atoms with Crippen LogP contribution in [0.1, 0.15) is 48.0 Å². The summed E-state index contributed by atoms with van der Waals surface area (Å²) in [6.45, 7) is 11.3. The van der Waals surface area contributed by atoms with E-state index in [0.29, 0.717) is 12.3 Å². The lowest BCUT2D eigenvalue weighted by Crippen LogP contribution is -2.14. The third-order valence-corrected chi connectivity index (χ3v) is 3.85. The van der Waals surface area contributed by atoms with Gasteiger partial charge in [0.2, 0.25) is 0 Å². The number of hydrogen-bond acceptors (Lipinski definition) is 3. The molecule has 4 nitrogen and oxygen atoms in total. The summed E-state index contributed by atoms with van der Waals surface area (Å²) < 4.78 is 1.89. The molecule has 0 saturated carbocycles. The number of hydrogen-bond donors (Lipinski definition) is 1. The molecule has 0 spiro atoms. The van der Waals surface area contributed by atoms with E-state index in [1.165, 1.54) is 11.1 Å². The third kappa shape index (κ3) is 3.70. The summed E-state index contributed by atoms with van der Waals surface area (Å²) >= 11 is 0. The molecule has 2 aromatic rings. The molecular formula is C17H25N3O. The van der Waals surface area contributed by atoms with Crippen LogP contribution in [0.15, 0.2) is 18.5 Å². The average molecular weight is 287 g/mol. The van der Waals surface area contributed by atoms with E-state index in [2.05, 4.69) is 49.9 Å². The first kappa shape index (κ1) is 15.7. The highest BCUT2D eigenvalue weighted by Crippen LogP contribution is 2.24. The fraction of sp³-hybridized carbons (Fsp3) is 0.529. The van der Waals surface area contributed by atoms with Crippen molar-refractivity contribution in [3.05, 3.63) is 46.5 Å². The van der Waals surface area contributed by atoms with Gasteiger partial charge >= 0.3 is 0 Å². The monoisotopic (exact) mass is 287 g/mol. The standard InChI is InChI=1S/C17H25N3O/c1-11(2)9-20-17(18-10-19-20)8-16(21)15-7-13(4)12(3)6-14(15)5/h6-7,10-11,16,21H,8-9H2,1-5H3. The summed E-state index contributed by atoms with van der Waals surface area (Å²) in [7, 11) is 0. The number of aromatic nitrogens is 3. The zero-order chi connectivity index (χ0) is 15.6. The van der Waals surface area contributed by atoms with Gasteiger partial charge in [0.15, 0.2) is 0 Å². The van der Waals surface area contributed by atoms with Crippen molar-refractivity contribution in [2.75, 3.05) is 0 Å². The van der Waals surface area contributed by atoms with Crippen LogP contribution >= 0.6 is 0 Å². The van der Waals surface area contributed by atoms with E-state index in [-0.39, 0.29) is 0 Å². The molecule has 0 bridgehead atoms. The van der Waals surface area contributed by atoms with E-state index in [9.17, 15) is 5.11 Å². The Morgan fingerprint density at radius 2 is 1.76 bits per heavy atom. The highest BCUT2D eigenvalue weighted by Gasteiger charge is 2.16. The van der Waals surface area contributed by atoms with E-state index in [1.54, 1.807) is 6.33 Å². The van der Waals surface area contributed by atoms with Crippen molar-refractivity contribution in [2.24, 2.45) is 5.92 Å². The second-order valence-electron chi connectivity index (χ2n) is 6.27. The Hall–Kier alpha value is -1.68. The van der Waals surface area contributed by atoms with Crippen LogP contribution in [-0.2, 0) is 13.0 Å². The Bertz CT molecular complexity index is 616. The molecule has 1 aromatic carbocycles. The Morgan fingerprint density at radius 1 is 1.10 bits per heavy atom. The van der Waals surface area contributed by atoms with Crippen LogP contribution in [0.3, 0.4) is 0 Å². The maximum Gasteiger partial charge on any atom is 0.138 e. The SMILES string of the molecule is Cc1cc(C)c(C(O)Cc2ncnn2CC(C)C)cc1C. The van der Waals surface area contributed by atoms with E-state index >= 15 is 0 Å². The van der Waals surface area contributed by atoms with Gasteiger partial charge < -0.3 is 5.11 Å². The molecule has 1 unspecified atom stereocenters. The third-order valence-electron chi connectivity index (χ3n) is 3.85. The molecule has 2 rings (SSSR count). The van der Waals surface area contributed by atoms with Gasteiger partial charge in [-0.05, 0) is 48.9 Å². The zero-order valence-electron chi connectivity index (χ0n) is 13.6. The summed E-state index contributed by atoms with van der Waals surface area (Å²) in [4.78, 5) is 4.30. The molecule has 1 N–H and O–H groups in total. The lowest BCUT2D eigenvalue weighted by molar-refractivity contribution is 0.172. The minimum absolute atomic E-state index is 0.496. The van der Waals surface area contributed by atoms with Crippen LogP contribution in [0.2, 0.25) is 0 Å². The van der Waals surface area contributed by atoms with Crippen LogP contribution in [0.5, 0.6) is 0 Å². The second-order valence-corrected chi connectivity index (χ2v) is 6.27. The summed E-state index contributed by atoms with van der Waals surface area (Å²) in [5.74, 6) is 1.35. The predicted molar refractivity (Wildman–Crippen MR) is 84.2 cm³/mol. The normalized spacial score (nSPS) is 12.9. The van der Waals surface area contributed by atoms with Crippen LogP contribution in [0, 0.1) is 26.7 Å². The molecule has 0 fully saturated rings. The second kappa shape index (κ2) is 6.39. The average Bonchev–Trinajstić information content (AvgIpc) is 2.80. The van der Waals surface area contributed by atoms with Crippen molar-refractivity contribution in [2.45, 2.75) is 53.7 Å².